The number of aromatic nitrogens is 4. The van der Waals surface area contributed by atoms with E-state index in [0.717, 1.165) is 27.8 Å². The van der Waals surface area contributed by atoms with Gasteiger partial charge in [-0.2, -0.15) is 10.2 Å². The summed E-state index contributed by atoms with van der Waals surface area (Å²) in [7, 11) is 1.63. The average molecular weight is 346 g/mol. The summed E-state index contributed by atoms with van der Waals surface area (Å²) >= 11 is 0. The van der Waals surface area contributed by atoms with E-state index in [1.165, 1.54) is 4.68 Å². The molecule has 1 N–H and O–H groups in total. The first kappa shape index (κ1) is 16.1. The Kier molecular flexibility index (Phi) is 4.01. The highest BCUT2D eigenvalue weighted by Gasteiger charge is 2.14. The van der Waals surface area contributed by atoms with Crippen LogP contribution in [0.1, 0.15) is 18.5 Å². The van der Waals surface area contributed by atoms with Gasteiger partial charge in [0.1, 0.15) is 5.75 Å². The Hall–Kier alpha value is -3.41. The van der Waals surface area contributed by atoms with Crippen LogP contribution in [-0.4, -0.2) is 27.1 Å². The fourth-order valence-electron chi connectivity index (χ4n) is 3.06. The van der Waals surface area contributed by atoms with Crippen LogP contribution in [0.2, 0.25) is 0 Å². The smallest absolute Gasteiger partial charge is 0.275 e. The molecule has 0 saturated heterocycles. The summed E-state index contributed by atoms with van der Waals surface area (Å²) in [5.74, 6) is 0.755. The summed E-state index contributed by atoms with van der Waals surface area (Å²) in [4.78, 5) is 13.1. The third-order valence-electron chi connectivity index (χ3n) is 4.59. The maximum atomic E-state index is 13.1. The minimum Gasteiger partial charge on any atom is -0.497 e. The molecule has 4 rings (SSSR count). The molecule has 130 valence electrons. The van der Waals surface area contributed by atoms with Crippen LogP contribution in [0.15, 0.2) is 65.8 Å². The van der Waals surface area contributed by atoms with Gasteiger partial charge in [0.15, 0.2) is 0 Å². The van der Waals surface area contributed by atoms with E-state index in [1.54, 1.807) is 25.7 Å². The Balaban J connectivity index is 1.82. The standard InChI is InChI=1S/C20H18N4O2/c1-13(14-4-3-5-18(8-14)26-2)24-20(25)19-9-15(17-10-21-22-11-17)6-7-16(19)12-23-24/h3-13H,1-2H3,(H,21,22). The SMILES string of the molecule is COc1cccc(C(C)n2ncc3ccc(-c4cn[nH]c4)cc3c2=O)c1. The van der Waals surface area contributed by atoms with E-state index in [1.807, 2.05) is 49.4 Å². The van der Waals surface area contributed by atoms with Crippen molar-refractivity contribution in [2.45, 2.75) is 13.0 Å². The molecular weight excluding hydrogens is 328 g/mol. The molecular formula is C20H18N4O2. The molecule has 0 bridgehead atoms. The van der Waals surface area contributed by atoms with Crippen LogP contribution in [0.5, 0.6) is 5.75 Å². The average Bonchev–Trinajstić information content (AvgIpc) is 3.22. The van der Waals surface area contributed by atoms with Gasteiger partial charge in [-0.3, -0.25) is 9.89 Å². The number of hydrogen-bond acceptors (Lipinski definition) is 4. The van der Waals surface area contributed by atoms with Crippen LogP contribution in [0, 0.1) is 0 Å². The van der Waals surface area contributed by atoms with E-state index in [-0.39, 0.29) is 11.6 Å². The van der Waals surface area contributed by atoms with E-state index in [0.29, 0.717) is 5.39 Å². The van der Waals surface area contributed by atoms with Gasteiger partial charge in [0.25, 0.3) is 5.56 Å². The fraction of sp³-hybridized carbons (Fsp3) is 0.150. The Morgan fingerprint density at radius 2 is 2.00 bits per heavy atom. The maximum Gasteiger partial charge on any atom is 0.275 e. The summed E-state index contributed by atoms with van der Waals surface area (Å²) in [5.41, 5.74) is 2.72. The number of H-pyrrole nitrogens is 1. The number of nitrogens with zero attached hydrogens (tertiary/aromatic N) is 3. The largest absolute Gasteiger partial charge is 0.497 e. The van der Waals surface area contributed by atoms with E-state index in [4.69, 9.17) is 4.74 Å². The number of aromatic amines is 1. The van der Waals surface area contributed by atoms with Crippen molar-refractivity contribution in [1.82, 2.24) is 20.0 Å². The predicted octanol–water partition coefficient (Wildman–Crippen LogP) is 3.40. The van der Waals surface area contributed by atoms with E-state index in [9.17, 15) is 4.79 Å². The molecule has 0 radical (unpaired) electrons. The van der Waals surface area contributed by atoms with Crippen molar-refractivity contribution < 1.29 is 4.74 Å². The monoisotopic (exact) mass is 346 g/mol. The molecule has 1 atom stereocenters. The van der Waals surface area contributed by atoms with Gasteiger partial charge in [-0.25, -0.2) is 4.68 Å². The lowest BCUT2D eigenvalue weighted by atomic mass is 10.1. The molecule has 0 spiro atoms. The first-order valence-electron chi connectivity index (χ1n) is 8.32. The molecule has 2 aromatic heterocycles. The van der Waals surface area contributed by atoms with Crippen molar-refractivity contribution in [3.63, 3.8) is 0 Å². The zero-order valence-electron chi connectivity index (χ0n) is 14.5. The van der Waals surface area contributed by atoms with E-state index < -0.39 is 0 Å². The Morgan fingerprint density at radius 1 is 1.12 bits per heavy atom. The molecule has 2 heterocycles. The second-order valence-corrected chi connectivity index (χ2v) is 6.14. The number of hydrogen-bond donors (Lipinski definition) is 1. The zero-order chi connectivity index (χ0) is 18.1. The van der Waals surface area contributed by atoms with Crippen molar-refractivity contribution in [1.29, 1.82) is 0 Å². The number of nitrogens with one attached hydrogen (secondary N) is 1. The highest BCUT2D eigenvalue weighted by molar-refractivity contribution is 5.85. The van der Waals surface area contributed by atoms with Gasteiger partial charge in [0.2, 0.25) is 0 Å². The van der Waals surface area contributed by atoms with Gasteiger partial charge in [0, 0.05) is 17.1 Å². The lowest BCUT2D eigenvalue weighted by molar-refractivity contribution is 0.413. The Morgan fingerprint density at radius 3 is 2.77 bits per heavy atom. The summed E-state index contributed by atoms with van der Waals surface area (Å²) in [6.07, 6.45) is 5.27. The van der Waals surface area contributed by atoms with Crippen molar-refractivity contribution in [3.8, 4) is 16.9 Å². The molecule has 2 aromatic carbocycles. The Bertz CT molecular complexity index is 1120. The minimum atomic E-state index is -0.209. The van der Waals surface area contributed by atoms with Gasteiger partial charge in [-0.15, -0.1) is 0 Å². The summed E-state index contributed by atoms with van der Waals surface area (Å²) in [6, 6.07) is 13.2. The van der Waals surface area contributed by atoms with Gasteiger partial charge < -0.3 is 4.74 Å². The fourth-order valence-corrected chi connectivity index (χ4v) is 3.06. The summed E-state index contributed by atoms with van der Waals surface area (Å²) in [6.45, 7) is 1.95. The second kappa shape index (κ2) is 6.48. The van der Waals surface area contributed by atoms with Crippen molar-refractivity contribution >= 4 is 10.8 Å². The molecule has 26 heavy (non-hydrogen) atoms. The third kappa shape index (κ3) is 2.75. The van der Waals surface area contributed by atoms with Crippen molar-refractivity contribution in [2.24, 2.45) is 0 Å². The maximum absolute atomic E-state index is 13.1. The predicted molar refractivity (Wildman–Crippen MR) is 100 cm³/mol. The van der Waals surface area contributed by atoms with Crippen molar-refractivity contribution in [3.05, 3.63) is 77.0 Å². The Labute approximate surface area is 150 Å². The highest BCUT2D eigenvalue weighted by Crippen LogP contribution is 2.24. The first-order valence-corrected chi connectivity index (χ1v) is 8.32. The molecule has 0 aliphatic carbocycles. The van der Waals surface area contributed by atoms with Crippen LogP contribution in [0.3, 0.4) is 0 Å². The number of fused-ring (bicyclic) bond motifs is 1. The molecule has 1 unspecified atom stereocenters. The molecule has 0 amide bonds. The molecule has 4 aromatic rings. The molecule has 6 heteroatoms. The topological polar surface area (TPSA) is 72.8 Å². The van der Waals surface area contributed by atoms with Gasteiger partial charge in [0.05, 0.1) is 30.9 Å². The minimum absolute atomic E-state index is 0.122. The second-order valence-electron chi connectivity index (χ2n) is 6.14. The number of methoxy groups -OCH3 is 1. The quantitative estimate of drug-likeness (QED) is 0.615. The summed E-state index contributed by atoms with van der Waals surface area (Å²) < 4.78 is 6.79. The summed E-state index contributed by atoms with van der Waals surface area (Å²) in [5, 5.41) is 12.6. The van der Waals surface area contributed by atoms with Gasteiger partial charge in [-0.05, 0) is 36.2 Å². The van der Waals surface area contributed by atoms with Gasteiger partial charge in [-0.1, -0.05) is 24.3 Å². The van der Waals surface area contributed by atoms with Crippen LogP contribution >= 0.6 is 0 Å². The molecule has 0 fully saturated rings. The van der Waals surface area contributed by atoms with E-state index >= 15 is 0 Å². The van der Waals surface area contributed by atoms with E-state index in [2.05, 4.69) is 15.3 Å². The lowest BCUT2D eigenvalue weighted by Crippen LogP contribution is -2.26. The third-order valence-corrected chi connectivity index (χ3v) is 4.59. The molecule has 0 aliphatic heterocycles. The number of ether oxygens (including phenoxy) is 1. The number of rotatable bonds is 4. The van der Waals surface area contributed by atoms with Crippen LogP contribution < -0.4 is 10.3 Å². The van der Waals surface area contributed by atoms with Crippen LogP contribution in [0.25, 0.3) is 21.9 Å². The lowest BCUT2D eigenvalue weighted by Gasteiger charge is -2.15. The van der Waals surface area contributed by atoms with Crippen LogP contribution in [0.4, 0.5) is 0 Å². The number of benzene rings is 2. The first-order chi connectivity index (χ1) is 12.7. The molecule has 0 saturated carbocycles. The van der Waals surface area contributed by atoms with Crippen LogP contribution in [-0.2, 0) is 0 Å². The van der Waals surface area contributed by atoms with Crippen molar-refractivity contribution in [2.75, 3.05) is 7.11 Å². The molecule has 0 aliphatic rings. The molecule has 6 nitrogen and oxygen atoms in total. The van der Waals surface area contributed by atoms with Gasteiger partial charge >= 0.3 is 0 Å². The zero-order valence-corrected chi connectivity index (χ0v) is 14.5. The highest BCUT2D eigenvalue weighted by atomic mass is 16.5. The normalized spacial score (nSPS) is 12.2.